The van der Waals surface area contributed by atoms with Crippen LogP contribution in [0.25, 0.3) is 0 Å². The van der Waals surface area contributed by atoms with E-state index >= 15 is 0 Å². The summed E-state index contributed by atoms with van der Waals surface area (Å²) in [6.07, 6.45) is 0. The Bertz CT molecular complexity index is 850. The number of carbonyl (C=O) groups is 1. The fourth-order valence-corrected chi connectivity index (χ4v) is 3.66. The van der Waals surface area contributed by atoms with Crippen molar-refractivity contribution in [2.24, 2.45) is 0 Å². The fourth-order valence-electron chi connectivity index (χ4n) is 3.66. The lowest BCUT2D eigenvalue weighted by atomic mass is 9.87. The van der Waals surface area contributed by atoms with Gasteiger partial charge in [-0.25, -0.2) is 4.79 Å². The summed E-state index contributed by atoms with van der Waals surface area (Å²) >= 11 is 0. The van der Waals surface area contributed by atoms with Gasteiger partial charge in [-0.1, -0.05) is 45.0 Å². The van der Waals surface area contributed by atoms with Crippen molar-refractivity contribution in [3.63, 3.8) is 0 Å². The summed E-state index contributed by atoms with van der Waals surface area (Å²) < 4.78 is 5.46. The Morgan fingerprint density at radius 1 is 1.03 bits per heavy atom. The maximum atomic E-state index is 12.6. The average molecular weight is 411 g/mol. The number of benzene rings is 2. The highest BCUT2D eigenvalue weighted by Gasteiger charge is 2.22. The van der Waals surface area contributed by atoms with E-state index in [0.717, 1.165) is 35.8 Å². The van der Waals surface area contributed by atoms with Crippen molar-refractivity contribution in [3.05, 3.63) is 53.6 Å². The summed E-state index contributed by atoms with van der Waals surface area (Å²) in [7, 11) is 3.56. The van der Waals surface area contributed by atoms with Gasteiger partial charge in [0, 0.05) is 51.5 Å². The third-order valence-electron chi connectivity index (χ3n) is 5.65. The highest BCUT2D eigenvalue weighted by Crippen LogP contribution is 2.30. The molecule has 162 valence electrons. The Hall–Kier alpha value is -2.89. The number of amides is 2. The van der Waals surface area contributed by atoms with Crippen LogP contribution in [0.4, 0.5) is 16.2 Å². The first-order chi connectivity index (χ1) is 14.3. The lowest BCUT2D eigenvalue weighted by Crippen LogP contribution is -2.51. The van der Waals surface area contributed by atoms with Crippen LogP contribution >= 0.6 is 0 Å². The molecule has 1 saturated heterocycles. The molecule has 30 heavy (non-hydrogen) atoms. The topological polar surface area (TPSA) is 56.8 Å². The molecule has 6 nitrogen and oxygen atoms in total. The van der Waals surface area contributed by atoms with Crippen LogP contribution in [0, 0.1) is 0 Å². The van der Waals surface area contributed by atoms with Crippen LogP contribution in [0.5, 0.6) is 5.75 Å². The van der Waals surface area contributed by atoms with Gasteiger partial charge in [0.2, 0.25) is 0 Å². The lowest BCUT2D eigenvalue weighted by molar-refractivity contribution is 0.194. The van der Waals surface area contributed by atoms with Gasteiger partial charge in [0.25, 0.3) is 0 Å². The van der Waals surface area contributed by atoms with Gasteiger partial charge in [0.1, 0.15) is 5.75 Å². The average Bonchev–Trinajstić information content (AvgIpc) is 2.76. The first-order valence-corrected chi connectivity index (χ1v) is 10.5. The highest BCUT2D eigenvalue weighted by molar-refractivity contribution is 5.74. The molecule has 0 aliphatic carbocycles. The molecule has 0 saturated carbocycles. The molecular formula is C24H34N4O2. The maximum absolute atomic E-state index is 12.6. The van der Waals surface area contributed by atoms with E-state index in [0.29, 0.717) is 19.6 Å². The predicted molar refractivity (Wildman–Crippen MR) is 124 cm³/mol. The minimum Gasteiger partial charge on any atom is -0.495 e. The first-order valence-electron chi connectivity index (χ1n) is 10.5. The molecule has 0 aromatic heterocycles. The molecule has 6 heteroatoms. The Morgan fingerprint density at radius 3 is 2.27 bits per heavy atom. The van der Waals surface area contributed by atoms with Crippen molar-refractivity contribution in [2.45, 2.75) is 32.7 Å². The molecule has 2 aromatic carbocycles. The van der Waals surface area contributed by atoms with Crippen LogP contribution < -0.4 is 20.3 Å². The Balaban J connectivity index is 1.50. The van der Waals surface area contributed by atoms with Gasteiger partial charge in [0.05, 0.1) is 12.8 Å². The third kappa shape index (κ3) is 5.17. The molecule has 2 aromatic rings. The van der Waals surface area contributed by atoms with Crippen molar-refractivity contribution >= 4 is 17.4 Å². The number of nitrogens with zero attached hydrogens (tertiary/aromatic N) is 2. The summed E-state index contributed by atoms with van der Waals surface area (Å²) in [5.74, 6) is 0.827. The van der Waals surface area contributed by atoms with Gasteiger partial charge >= 0.3 is 6.03 Å². The number of methoxy groups -OCH3 is 1. The summed E-state index contributed by atoms with van der Waals surface area (Å²) in [5.41, 5.74) is 4.64. The largest absolute Gasteiger partial charge is 0.495 e. The summed E-state index contributed by atoms with van der Waals surface area (Å²) in [5, 5.41) is 6.19. The summed E-state index contributed by atoms with van der Waals surface area (Å²) in [4.78, 5) is 16.8. The van der Waals surface area contributed by atoms with Gasteiger partial charge in [-0.15, -0.1) is 0 Å². The summed E-state index contributed by atoms with van der Waals surface area (Å²) in [6, 6.07) is 14.6. The number of urea groups is 1. The molecule has 1 heterocycles. The SMILES string of the molecule is CNc1ccc(N2CCN(C(=O)NCc3ccc(C(C)(C)C)cc3)CC2)cc1OC. The molecule has 2 N–H and O–H groups in total. The molecule has 0 radical (unpaired) electrons. The first kappa shape index (κ1) is 21.8. The van der Waals surface area contributed by atoms with E-state index in [1.165, 1.54) is 5.56 Å². The molecule has 0 bridgehead atoms. The van der Waals surface area contributed by atoms with Gasteiger partial charge in [-0.2, -0.15) is 0 Å². The van der Waals surface area contributed by atoms with E-state index in [1.54, 1.807) is 7.11 Å². The Morgan fingerprint density at radius 2 is 1.70 bits per heavy atom. The molecule has 0 spiro atoms. The smallest absolute Gasteiger partial charge is 0.317 e. The Kier molecular flexibility index (Phi) is 6.75. The minimum absolute atomic E-state index is 0.00217. The number of carbonyl (C=O) groups excluding carboxylic acids is 1. The van der Waals surface area contributed by atoms with Crippen molar-refractivity contribution in [1.29, 1.82) is 0 Å². The summed E-state index contributed by atoms with van der Waals surface area (Å²) in [6.45, 7) is 10.2. The molecule has 0 unspecified atom stereocenters. The van der Waals surface area contributed by atoms with E-state index in [9.17, 15) is 4.79 Å². The van der Waals surface area contributed by atoms with Gasteiger partial charge in [0.15, 0.2) is 0 Å². The Labute approximate surface area is 180 Å². The molecule has 2 amide bonds. The number of hydrogen-bond acceptors (Lipinski definition) is 4. The van der Waals surface area contributed by atoms with Crippen molar-refractivity contribution in [1.82, 2.24) is 10.2 Å². The van der Waals surface area contributed by atoms with Crippen molar-refractivity contribution in [3.8, 4) is 5.75 Å². The number of ether oxygens (including phenoxy) is 1. The standard InChI is InChI=1S/C24H34N4O2/c1-24(2,3)19-8-6-18(7-9-19)17-26-23(29)28-14-12-27(13-15-28)20-10-11-21(25-4)22(16-20)30-5/h6-11,16,25H,12-15,17H2,1-5H3,(H,26,29). The van der Waals surface area contributed by atoms with Crippen LogP contribution in [-0.2, 0) is 12.0 Å². The number of anilines is 2. The lowest BCUT2D eigenvalue weighted by Gasteiger charge is -2.36. The van der Waals surface area contributed by atoms with Gasteiger partial charge in [-0.05, 0) is 28.7 Å². The zero-order valence-corrected chi connectivity index (χ0v) is 18.8. The van der Waals surface area contributed by atoms with Crippen LogP contribution in [0.15, 0.2) is 42.5 Å². The van der Waals surface area contributed by atoms with E-state index in [4.69, 9.17) is 4.74 Å². The molecule has 1 aliphatic heterocycles. The van der Waals surface area contributed by atoms with Crippen LogP contribution in [0.3, 0.4) is 0 Å². The van der Waals surface area contributed by atoms with Crippen LogP contribution in [-0.4, -0.2) is 51.3 Å². The van der Waals surface area contributed by atoms with Crippen molar-refractivity contribution in [2.75, 3.05) is 50.6 Å². The molecule has 1 aliphatic rings. The van der Waals surface area contributed by atoms with Gasteiger partial charge in [-0.3, -0.25) is 0 Å². The number of rotatable bonds is 5. The predicted octanol–water partition coefficient (Wildman–Crippen LogP) is 4.07. The zero-order valence-electron chi connectivity index (χ0n) is 18.8. The van der Waals surface area contributed by atoms with Crippen molar-refractivity contribution < 1.29 is 9.53 Å². The highest BCUT2D eigenvalue weighted by atomic mass is 16.5. The number of hydrogen-bond donors (Lipinski definition) is 2. The van der Waals surface area contributed by atoms with E-state index in [2.05, 4.69) is 66.6 Å². The van der Waals surface area contributed by atoms with E-state index in [-0.39, 0.29) is 11.4 Å². The number of nitrogens with one attached hydrogen (secondary N) is 2. The van der Waals surface area contributed by atoms with E-state index < -0.39 is 0 Å². The second-order valence-corrected chi connectivity index (χ2v) is 8.71. The normalized spacial score (nSPS) is 14.4. The van der Waals surface area contributed by atoms with Gasteiger partial charge < -0.3 is 25.2 Å². The monoisotopic (exact) mass is 410 g/mol. The second kappa shape index (κ2) is 9.28. The quantitative estimate of drug-likeness (QED) is 0.780. The molecule has 0 atom stereocenters. The van der Waals surface area contributed by atoms with Crippen LogP contribution in [0.2, 0.25) is 0 Å². The fraction of sp³-hybridized carbons (Fsp3) is 0.458. The maximum Gasteiger partial charge on any atom is 0.317 e. The van der Waals surface area contributed by atoms with Crippen LogP contribution in [0.1, 0.15) is 31.9 Å². The second-order valence-electron chi connectivity index (χ2n) is 8.71. The number of piperazine rings is 1. The zero-order chi connectivity index (χ0) is 21.7. The molecule has 1 fully saturated rings. The minimum atomic E-state index is -0.00217. The third-order valence-corrected chi connectivity index (χ3v) is 5.65. The molecular weight excluding hydrogens is 376 g/mol. The van der Waals surface area contributed by atoms with E-state index in [1.807, 2.05) is 24.1 Å². The molecule has 3 rings (SSSR count).